The highest BCUT2D eigenvalue weighted by Gasteiger charge is 2.17. The first kappa shape index (κ1) is 14.4. The molecule has 1 aliphatic rings. The predicted octanol–water partition coefficient (Wildman–Crippen LogP) is 0.509. The van der Waals surface area contributed by atoms with Crippen LogP contribution in [0.1, 0.15) is 16.1 Å². The van der Waals surface area contributed by atoms with E-state index in [-0.39, 0.29) is 5.97 Å². The van der Waals surface area contributed by atoms with E-state index in [2.05, 4.69) is 25.6 Å². The molecule has 0 spiro atoms. The summed E-state index contributed by atoms with van der Waals surface area (Å²) in [6.07, 6.45) is 1.55. The lowest BCUT2D eigenvalue weighted by molar-refractivity contribution is 0.0600. The summed E-state index contributed by atoms with van der Waals surface area (Å²) in [5, 5.41) is 8.66. The molecule has 0 aromatic carbocycles. The van der Waals surface area contributed by atoms with E-state index in [9.17, 15) is 4.79 Å². The van der Waals surface area contributed by atoms with E-state index in [1.54, 1.807) is 12.3 Å². The van der Waals surface area contributed by atoms with Gasteiger partial charge in [0.15, 0.2) is 0 Å². The largest absolute Gasteiger partial charge is 0.465 e. The number of pyridine rings is 1. The van der Waals surface area contributed by atoms with Gasteiger partial charge in [0.2, 0.25) is 0 Å². The summed E-state index contributed by atoms with van der Waals surface area (Å²) < 4.78 is 4.64. The SMILES string of the molecule is COC(=O)c1ccc(CN2CCN(CC#N)CC2)nc1. The molecule has 1 aromatic heterocycles. The summed E-state index contributed by atoms with van der Waals surface area (Å²) in [6.45, 7) is 4.95. The van der Waals surface area contributed by atoms with Gasteiger partial charge in [0, 0.05) is 38.9 Å². The highest BCUT2D eigenvalue weighted by atomic mass is 16.5. The van der Waals surface area contributed by atoms with Crippen LogP contribution in [0.4, 0.5) is 0 Å². The molecule has 6 heteroatoms. The Morgan fingerprint density at radius 3 is 2.60 bits per heavy atom. The average molecular weight is 274 g/mol. The van der Waals surface area contributed by atoms with Gasteiger partial charge in [-0.25, -0.2) is 4.79 Å². The van der Waals surface area contributed by atoms with Gasteiger partial charge in [-0.15, -0.1) is 0 Å². The first-order chi connectivity index (χ1) is 9.72. The van der Waals surface area contributed by atoms with Crippen LogP contribution in [0.2, 0.25) is 0 Å². The van der Waals surface area contributed by atoms with Crippen molar-refractivity contribution in [2.45, 2.75) is 6.54 Å². The molecule has 1 aliphatic heterocycles. The Kier molecular flexibility index (Phi) is 5.04. The topological polar surface area (TPSA) is 69.5 Å². The van der Waals surface area contributed by atoms with Gasteiger partial charge >= 0.3 is 5.97 Å². The number of nitrogens with zero attached hydrogens (tertiary/aromatic N) is 4. The Balaban J connectivity index is 1.85. The van der Waals surface area contributed by atoms with Crippen molar-refractivity contribution in [2.24, 2.45) is 0 Å². The second kappa shape index (κ2) is 6.98. The predicted molar refractivity (Wildman–Crippen MR) is 72.9 cm³/mol. The Bertz CT molecular complexity index is 487. The number of carbonyl (C=O) groups excluding carboxylic acids is 1. The lowest BCUT2D eigenvalue weighted by atomic mass is 10.2. The molecule has 0 amide bonds. The van der Waals surface area contributed by atoms with Gasteiger partial charge in [-0.2, -0.15) is 5.26 Å². The highest BCUT2D eigenvalue weighted by Crippen LogP contribution is 2.08. The standard InChI is InChI=1S/C14H18N4O2/c1-20-14(19)12-2-3-13(16-10-12)11-18-8-6-17(5-4-15)7-9-18/h2-3,10H,5-9,11H2,1H3. The van der Waals surface area contributed by atoms with Crippen molar-refractivity contribution < 1.29 is 9.53 Å². The average Bonchev–Trinajstić information content (AvgIpc) is 2.49. The molecule has 0 bridgehead atoms. The molecule has 1 aromatic rings. The molecule has 0 saturated carbocycles. The van der Waals surface area contributed by atoms with Gasteiger partial charge < -0.3 is 4.74 Å². The smallest absolute Gasteiger partial charge is 0.339 e. The molecule has 1 saturated heterocycles. The summed E-state index contributed by atoms with van der Waals surface area (Å²) in [5.74, 6) is -0.367. The van der Waals surface area contributed by atoms with E-state index < -0.39 is 0 Å². The van der Waals surface area contributed by atoms with Gasteiger partial charge in [0.05, 0.1) is 31.0 Å². The maximum absolute atomic E-state index is 11.3. The van der Waals surface area contributed by atoms with Crippen molar-refractivity contribution in [1.29, 1.82) is 5.26 Å². The van der Waals surface area contributed by atoms with Gasteiger partial charge in [-0.3, -0.25) is 14.8 Å². The zero-order valence-electron chi connectivity index (χ0n) is 11.6. The van der Waals surface area contributed by atoms with Crippen molar-refractivity contribution in [2.75, 3.05) is 39.8 Å². The number of hydrogen-bond acceptors (Lipinski definition) is 6. The fourth-order valence-corrected chi connectivity index (χ4v) is 2.19. The van der Waals surface area contributed by atoms with E-state index in [1.165, 1.54) is 7.11 Å². The first-order valence-corrected chi connectivity index (χ1v) is 6.58. The van der Waals surface area contributed by atoms with Crippen LogP contribution in [-0.4, -0.2) is 60.6 Å². The minimum Gasteiger partial charge on any atom is -0.465 e. The Morgan fingerprint density at radius 2 is 2.05 bits per heavy atom. The van der Waals surface area contributed by atoms with Crippen LogP contribution in [0.15, 0.2) is 18.3 Å². The number of hydrogen-bond donors (Lipinski definition) is 0. The summed E-state index contributed by atoms with van der Waals surface area (Å²) >= 11 is 0. The van der Waals surface area contributed by atoms with Crippen molar-refractivity contribution >= 4 is 5.97 Å². The van der Waals surface area contributed by atoms with Gasteiger partial charge in [-0.1, -0.05) is 0 Å². The summed E-state index contributed by atoms with van der Waals surface area (Å²) in [4.78, 5) is 20.0. The number of methoxy groups -OCH3 is 1. The lowest BCUT2D eigenvalue weighted by Gasteiger charge is -2.33. The molecule has 0 atom stereocenters. The van der Waals surface area contributed by atoms with Crippen LogP contribution in [0.3, 0.4) is 0 Å². The lowest BCUT2D eigenvalue weighted by Crippen LogP contribution is -2.45. The van der Waals surface area contributed by atoms with Gasteiger partial charge in [0.1, 0.15) is 0 Å². The van der Waals surface area contributed by atoms with Crippen molar-refractivity contribution in [1.82, 2.24) is 14.8 Å². The molecule has 20 heavy (non-hydrogen) atoms. The van der Waals surface area contributed by atoms with E-state index >= 15 is 0 Å². The molecule has 1 fully saturated rings. The van der Waals surface area contributed by atoms with Crippen LogP contribution in [0.5, 0.6) is 0 Å². The monoisotopic (exact) mass is 274 g/mol. The molecule has 0 aliphatic carbocycles. The van der Waals surface area contributed by atoms with Crippen LogP contribution < -0.4 is 0 Å². The second-order valence-electron chi connectivity index (χ2n) is 4.74. The maximum atomic E-state index is 11.3. The van der Waals surface area contributed by atoms with E-state index in [4.69, 9.17) is 5.26 Å². The number of piperazine rings is 1. The van der Waals surface area contributed by atoms with Crippen molar-refractivity contribution in [3.05, 3.63) is 29.6 Å². The van der Waals surface area contributed by atoms with Crippen molar-refractivity contribution in [3.63, 3.8) is 0 Å². The molecule has 2 heterocycles. The fourth-order valence-electron chi connectivity index (χ4n) is 2.19. The third kappa shape index (κ3) is 3.76. The fraction of sp³-hybridized carbons (Fsp3) is 0.500. The maximum Gasteiger partial charge on any atom is 0.339 e. The van der Waals surface area contributed by atoms with E-state index in [0.29, 0.717) is 12.1 Å². The number of rotatable bonds is 4. The zero-order valence-corrected chi connectivity index (χ0v) is 11.6. The normalized spacial score (nSPS) is 16.6. The molecular formula is C14H18N4O2. The quantitative estimate of drug-likeness (QED) is 0.588. The Hall–Kier alpha value is -1.97. The number of nitriles is 1. The number of aromatic nitrogens is 1. The van der Waals surface area contributed by atoms with E-state index in [1.807, 2.05) is 6.07 Å². The molecule has 0 unspecified atom stereocenters. The summed E-state index contributed by atoms with van der Waals surface area (Å²) in [7, 11) is 1.36. The highest BCUT2D eigenvalue weighted by molar-refractivity contribution is 5.88. The van der Waals surface area contributed by atoms with Crippen LogP contribution in [0, 0.1) is 11.3 Å². The Morgan fingerprint density at radius 1 is 1.35 bits per heavy atom. The third-order valence-corrected chi connectivity index (χ3v) is 3.39. The van der Waals surface area contributed by atoms with Crippen LogP contribution in [0.25, 0.3) is 0 Å². The molecular weight excluding hydrogens is 256 g/mol. The third-order valence-electron chi connectivity index (χ3n) is 3.39. The Labute approximate surface area is 118 Å². The molecule has 6 nitrogen and oxygen atoms in total. The molecule has 106 valence electrons. The first-order valence-electron chi connectivity index (χ1n) is 6.58. The number of carbonyl (C=O) groups is 1. The molecule has 0 radical (unpaired) electrons. The second-order valence-corrected chi connectivity index (χ2v) is 4.74. The molecule has 0 N–H and O–H groups in total. The van der Waals surface area contributed by atoms with Gasteiger partial charge in [0.25, 0.3) is 0 Å². The van der Waals surface area contributed by atoms with Crippen molar-refractivity contribution in [3.8, 4) is 6.07 Å². The zero-order chi connectivity index (χ0) is 14.4. The van der Waals surface area contributed by atoms with E-state index in [0.717, 1.165) is 38.4 Å². The molecule has 2 rings (SSSR count). The number of esters is 1. The van der Waals surface area contributed by atoms with Crippen LogP contribution >= 0.6 is 0 Å². The minimum absolute atomic E-state index is 0.367. The van der Waals surface area contributed by atoms with Crippen LogP contribution in [-0.2, 0) is 11.3 Å². The van der Waals surface area contributed by atoms with Gasteiger partial charge in [-0.05, 0) is 12.1 Å². The number of ether oxygens (including phenoxy) is 1. The minimum atomic E-state index is -0.367. The summed E-state index contributed by atoms with van der Waals surface area (Å²) in [6, 6.07) is 5.77. The summed E-state index contributed by atoms with van der Waals surface area (Å²) in [5.41, 5.74) is 1.40.